The molecule has 2 N–H and O–H groups in total. The van der Waals surface area contributed by atoms with Crippen LogP contribution in [0.5, 0.6) is 0 Å². The zero-order chi connectivity index (χ0) is 23.7. The minimum absolute atomic E-state index is 0.107. The predicted molar refractivity (Wildman–Crippen MR) is 128 cm³/mol. The SMILES string of the molecule is CCCCCc1ccccc1Nc1nc(Nc2ccc(CCCC)cc2)ncc1C(F)(F)F. The monoisotopic (exact) mass is 456 g/mol. The van der Waals surface area contributed by atoms with Gasteiger partial charge in [0.25, 0.3) is 0 Å². The summed E-state index contributed by atoms with van der Waals surface area (Å²) in [6.07, 6.45) is 3.41. The van der Waals surface area contributed by atoms with Gasteiger partial charge in [-0.2, -0.15) is 18.2 Å². The van der Waals surface area contributed by atoms with E-state index in [0.717, 1.165) is 62.4 Å². The normalized spacial score (nSPS) is 11.4. The molecule has 176 valence electrons. The molecule has 2 aromatic carbocycles. The number of unbranched alkanes of at least 4 members (excludes halogenated alkanes) is 3. The molecule has 0 spiro atoms. The summed E-state index contributed by atoms with van der Waals surface area (Å²) in [5.41, 5.74) is 2.64. The Hall–Kier alpha value is -3.09. The van der Waals surface area contributed by atoms with Gasteiger partial charge >= 0.3 is 6.18 Å². The maximum Gasteiger partial charge on any atom is 0.421 e. The zero-order valence-corrected chi connectivity index (χ0v) is 19.2. The zero-order valence-electron chi connectivity index (χ0n) is 19.2. The van der Waals surface area contributed by atoms with Crippen LogP contribution >= 0.6 is 0 Å². The Labute approximate surface area is 193 Å². The molecule has 0 saturated heterocycles. The molecule has 0 saturated carbocycles. The molecule has 0 atom stereocenters. The van der Waals surface area contributed by atoms with E-state index in [-0.39, 0.29) is 11.8 Å². The Morgan fingerprint density at radius 3 is 2.24 bits per heavy atom. The molecule has 3 aromatic rings. The minimum Gasteiger partial charge on any atom is -0.339 e. The van der Waals surface area contributed by atoms with Gasteiger partial charge in [0.05, 0.1) is 0 Å². The number of anilines is 4. The average Bonchev–Trinajstić information content (AvgIpc) is 2.79. The fourth-order valence-electron chi connectivity index (χ4n) is 3.56. The number of aromatic nitrogens is 2. The second-order valence-electron chi connectivity index (χ2n) is 8.12. The lowest BCUT2D eigenvalue weighted by atomic mass is 10.1. The van der Waals surface area contributed by atoms with Gasteiger partial charge < -0.3 is 10.6 Å². The summed E-state index contributed by atoms with van der Waals surface area (Å²) in [5.74, 6) is -0.155. The van der Waals surface area contributed by atoms with Crippen molar-refractivity contribution < 1.29 is 13.2 Å². The molecule has 0 unspecified atom stereocenters. The van der Waals surface area contributed by atoms with Gasteiger partial charge in [-0.15, -0.1) is 0 Å². The molecular formula is C26H31F3N4. The Morgan fingerprint density at radius 1 is 0.818 bits per heavy atom. The lowest BCUT2D eigenvalue weighted by Crippen LogP contribution is -2.13. The third-order valence-corrected chi connectivity index (χ3v) is 5.44. The van der Waals surface area contributed by atoms with Crippen molar-refractivity contribution >= 4 is 23.1 Å². The van der Waals surface area contributed by atoms with Crippen molar-refractivity contribution in [1.82, 2.24) is 9.97 Å². The first-order valence-electron chi connectivity index (χ1n) is 11.6. The summed E-state index contributed by atoms with van der Waals surface area (Å²) in [5, 5.41) is 5.94. The number of para-hydroxylation sites is 1. The third-order valence-electron chi connectivity index (χ3n) is 5.44. The summed E-state index contributed by atoms with van der Waals surface area (Å²) < 4.78 is 41.0. The summed E-state index contributed by atoms with van der Waals surface area (Å²) in [7, 11) is 0. The van der Waals surface area contributed by atoms with E-state index in [4.69, 9.17) is 0 Å². The van der Waals surface area contributed by atoms with E-state index in [0.29, 0.717) is 5.69 Å². The number of hydrogen-bond acceptors (Lipinski definition) is 4. The fourth-order valence-corrected chi connectivity index (χ4v) is 3.56. The minimum atomic E-state index is -4.57. The van der Waals surface area contributed by atoms with E-state index in [2.05, 4.69) is 34.4 Å². The van der Waals surface area contributed by atoms with Gasteiger partial charge in [0, 0.05) is 17.6 Å². The predicted octanol–water partition coefficient (Wildman–Crippen LogP) is 8.06. The Kier molecular flexibility index (Phi) is 8.69. The highest BCUT2D eigenvalue weighted by Crippen LogP contribution is 2.36. The Balaban J connectivity index is 1.84. The van der Waals surface area contributed by atoms with Gasteiger partial charge in [-0.25, -0.2) is 4.98 Å². The van der Waals surface area contributed by atoms with Crippen molar-refractivity contribution in [2.45, 2.75) is 65.0 Å². The molecule has 0 radical (unpaired) electrons. The molecule has 0 bridgehead atoms. The van der Waals surface area contributed by atoms with E-state index in [1.807, 2.05) is 36.4 Å². The lowest BCUT2D eigenvalue weighted by Gasteiger charge is -2.17. The van der Waals surface area contributed by atoms with Crippen molar-refractivity contribution in [2.75, 3.05) is 10.6 Å². The first-order valence-corrected chi connectivity index (χ1v) is 11.6. The summed E-state index contributed by atoms with van der Waals surface area (Å²) in [6.45, 7) is 4.26. The molecule has 33 heavy (non-hydrogen) atoms. The molecule has 3 rings (SSSR count). The van der Waals surface area contributed by atoms with Crippen molar-refractivity contribution in [3.8, 4) is 0 Å². The van der Waals surface area contributed by atoms with Gasteiger partial charge in [0.15, 0.2) is 0 Å². The summed E-state index contributed by atoms with van der Waals surface area (Å²) in [4.78, 5) is 8.10. The summed E-state index contributed by atoms with van der Waals surface area (Å²) >= 11 is 0. The number of alkyl halides is 3. The van der Waals surface area contributed by atoms with Crippen LogP contribution in [-0.4, -0.2) is 9.97 Å². The number of rotatable bonds is 11. The number of nitrogens with zero attached hydrogens (tertiary/aromatic N) is 2. The number of hydrogen-bond donors (Lipinski definition) is 2. The van der Waals surface area contributed by atoms with Gasteiger partial charge in [-0.05, 0) is 55.0 Å². The third kappa shape index (κ3) is 7.20. The van der Waals surface area contributed by atoms with Crippen LogP contribution in [0.3, 0.4) is 0 Å². The lowest BCUT2D eigenvalue weighted by molar-refractivity contribution is -0.137. The molecule has 0 aliphatic heterocycles. The largest absolute Gasteiger partial charge is 0.421 e. The molecule has 0 aliphatic rings. The molecule has 0 amide bonds. The molecule has 1 heterocycles. The van der Waals surface area contributed by atoms with Crippen LogP contribution in [-0.2, 0) is 19.0 Å². The highest BCUT2D eigenvalue weighted by molar-refractivity contribution is 5.65. The van der Waals surface area contributed by atoms with Crippen molar-refractivity contribution in [3.63, 3.8) is 0 Å². The van der Waals surface area contributed by atoms with E-state index < -0.39 is 11.7 Å². The maximum absolute atomic E-state index is 13.7. The van der Waals surface area contributed by atoms with Gasteiger partial charge in [0.1, 0.15) is 11.4 Å². The highest BCUT2D eigenvalue weighted by Gasteiger charge is 2.35. The highest BCUT2D eigenvalue weighted by atomic mass is 19.4. The molecule has 1 aromatic heterocycles. The van der Waals surface area contributed by atoms with Crippen molar-refractivity contribution in [2.24, 2.45) is 0 Å². The van der Waals surface area contributed by atoms with Crippen LogP contribution in [0.15, 0.2) is 54.7 Å². The van der Waals surface area contributed by atoms with Gasteiger partial charge in [-0.3, -0.25) is 0 Å². The van der Waals surface area contributed by atoms with Crippen LogP contribution < -0.4 is 10.6 Å². The summed E-state index contributed by atoms with van der Waals surface area (Å²) in [6, 6.07) is 15.2. The van der Waals surface area contributed by atoms with E-state index >= 15 is 0 Å². The molecule has 0 aliphatic carbocycles. The Morgan fingerprint density at radius 2 is 1.55 bits per heavy atom. The van der Waals surface area contributed by atoms with Crippen molar-refractivity contribution in [1.29, 1.82) is 0 Å². The number of halogens is 3. The average molecular weight is 457 g/mol. The number of aryl methyl sites for hydroxylation is 2. The number of nitrogens with one attached hydrogen (secondary N) is 2. The quantitative estimate of drug-likeness (QED) is 0.287. The van der Waals surface area contributed by atoms with E-state index in [9.17, 15) is 13.2 Å². The van der Waals surface area contributed by atoms with Gasteiger partial charge in [0.2, 0.25) is 5.95 Å². The van der Waals surface area contributed by atoms with Crippen LogP contribution in [0.1, 0.15) is 62.6 Å². The number of benzene rings is 2. The maximum atomic E-state index is 13.7. The fraction of sp³-hybridized carbons (Fsp3) is 0.385. The molecule has 4 nitrogen and oxygen atoms in total. The molecule has 7 heteroatoms. The van der Waals surface area contributed by atoms with Crippen LogP contribution in [0, 0.1) is 0 Å². The second-order valence-corrected chi connectivity index (χ2v) is 8.12. The van der Waals surface area contributed by atoms with Crippen LogP contribution in [0.2, 0.25) is 0 Å². The molecule has 0 fully saturated rings. The molecular weight excluding hydrogens is 425 g/mol. The van der Waals surface area contributed by atoms with Crippen LogP contribution in [0.4, 0.5) is 36.3 Å². The Bertz CT molecular complexity index is 1020. The van der Waals surface area contributed by atoms with E-state index in [1.165, 1.54) is 5.56 Å². The second kappa shape index (κ2) is 11.7. The van der Waals surface area contributed by atoms with Gasteiger partial charge in [-0.1, -0.05) is 63.4 Å². The topological polar surface area (TPSA) is 49.8 Å². The standard InChI is InChI=1S/C26H31F3N4/c1-3-5-7-11-20-12-8-9-13-23(20)32-24-22(26(27,28)29)18-30-25(33-24)31-21-16-14-19(15-17-21)10-6-4-2/h8-9,12-18H,3-7,10-11H2,1-2H3,(H2,30,31,32,33). The van der Waals surface area contributed by atoms with Crippen LogP contribution in [0.25, 0.3) is 0 Å². The first-order chi connectivity index (χ1) is 15.9. The van der Waals surface area contributed by atoms with Crippen molar-refractivity contribution in [3.05, 3.63) is 71.4 Å². The van der Waals surface area contributed by atoms with E-state index in [1.54, 1.807) is 12.1 Å². The smallest absolute Gasteiger partial charge is 0.339 e. The first kappa shape index (κ1) is 24.6.